The van der Waals surface area contributed by atoms with Gasteiger partial charge in [-0.1, -0.05) is 18.2 Å². The summed E-state index contributed by atoms with van der Waals surface area (Å²) in [5, 5.41) is 1.20. The molecule has 0 fully saturated rings. The maximum atomic E-state index is 5.39. The van der Waals surface area contributed by atoms with Crippen LogP contribution >= 0.6 is 0 Å². The number of para-hydroxylation sites is 1. The number of rotatable bonds is 5. The lowest BCUT2D eigenvalue weighted by molar-refractivity contribution is 0.395. The van der Waals surface area contributed by atoms with Gasteiger partial charge in [-0.2, -0.15) is 0 Å². The molecule has 1 aromatic heterocycles. The number of ether oxygens (including phenoxy) is 2. The van der Waals surface area contributed by atoms with E-state index in [9.17, 15) is 0 Å². The van der Waals surface area contributed by atoms with Crippen molar-refractivity contribution in [2.75, 3.05) is 14.2 Å². The maximum Gasteiger partial charge on any atom is 0.148 e. The van der Waals surface area contributed by atoms with E-state index in [-0.39, 0.29) is 0 Å². The number of fused-ring (bicyclic) bond motifs is 1. The number of aliphatic imine (C=N–C) groups is 1. The van der Waals surface area contributed by atoms with Crippen molar-refractivity contribution in [2.24, 2.45) is 4.99 Å². The Hall–Kier alpha value is -2.75. The predicted molar refractivity (Wildman–Crippen MR) is 94.4 cm³/mol. The number of aryl methyl sites for hydroxylation is 1. The number of benzene rings is 2. The average molecular weight is 308 g/mol. The van der Waals surface area contributed by atoms with Gasteiger partial charge in [0.25, 0.3) is 0 Å². The highest BCUT2D eigenvalue weighted by molar-refractivity contribution is 6.00. The van der Waals surface area contributed by atoms with Gasteiger partial charge in [0.05, 0.1) is 14.2 Å². The molecule has 0 N–H and O–H groups in total. The van der Waals surface area contributed by atoms with Gasteiger partial charge in [-0.05, 0) is 25.1 Å². The topological polar surface area (TPSA) is 35.8 Å². The van der Waals surface area contributed by atoms with Gasteiger partial charge in [0.2, 0.25) is 0 Å². The van der Waals surface area contributed by atoms with E-state index < -0.39 is 0 Å². The minimum absolute atomic E-state index is 0.694. The van der Waals surface area contributed by atoms with Crippen LogP contribution in [0.5, 0.6) is 11.5 Å². The van der Waals surface area contributed by atoms with E-state index in [1.54, 1.807) is 14.2 Å². The zero-order valence-electron chi connectivity index (χ0n) is 13.6. The lowest BCUT2D eigenvalue weighted by Crippen LogP contribution is -1.89. The Morgan fingerprint density at radius 3 is 2.65 bits per heavy atom. The molecule has 23 heavy (non-hydrogen) atoms. The molecule has 2 aromatic carbocycles. The Labute approximate surface area is 136 Å². The third-order valence-electron chi connectivity index (χ3n) is 3.89. The number of hydrogen-bond acceptors (Lipinski definition) is 3. The number of hydrogen-bond donors (Lipinski definition) is 0. The molecule has 0 bridgehead atoms. The summed E-state index contributed by atoms with van der Waals surface area (Å²) < 4.78 is 12.8. The molecular formula is C19H20N2O2. The first-order valence-electron chi connectivity index (χ1n) is 7.60. The first-order valence-corrected chi connectivity index (χ1v) is 7.60. The zero-order chi connectivity index (χ0) is 16.2. The highest BCUT2D eigenvalue weighted by atomic mass is 16.5. The second kappa shape index (κ2) is 6.57. The fourth-order valence-electron chi connectivity index (χ4n) is 2.67. The Morgan fingerprint density at radius 2 is 1.91 bits per heavy atom. The minimum Gasteiger partial charge on any atom is -0.497 e. The summed E-state index contributed by atoms with van der Waals surface area (Å²) in [6.45, 7) is 3.07. The van der Waals surface area contributed by atoms with Crippen LogP contribution in [0.15, 0.2) is 53.7 Å². The molecule has 0 saturated carbocycles. The number of aromatic nitrogens is 1. The Balaban J connectivity index is 2.00. The lowest BCUT2D eigenvalue weighted by atomic mass is 10.2. The zero-order valence-corrected chi connectivity index (χ0v) is 13.6. The van der Waals surface area contributed by atoms with Crippen molar-refractivity contribution in [3.63, 3.8) is 0 Å². The molecule has 0 spiro atoms. The van der Waals surface area contributed by atoms with E-state index in [1.165, 1.54) is 10.9 Å². The van der Waals surface area contributed by atoms with Crippen LogP contribution in [0, 0.1) is 0 Å². The summed E-state index contributed by atoms with van der Waals surface area (Å²) >= 11 is 0. The van der Waals surface area contributed by atoms with E-state index in [1.807, 2.05) is 30.5 Å². The van der Waals surface area contributed by atoms with Gasteiger partial charge in [-0.15, -0.1) is 0 Å². The van der Waals surface area contributed by atoms with Crippen LogP contribution in [-0.2, 0) is 6.54 Å². The lowest BCUT2D eigenvalue weighted by Gasteiger charge is -2.06. The van der Waals surface area contributed by atoms with Gasteiger partial charge in [0.1, 0.15) is 17.2 Å². The normalized spacial score (nSPS) is 11.3. The summed E-state index contributed by atoms with van der Waals surface area (Å²) in [5.41, 5.74) is 3.10. The van der Waals surface area contributed by atoms with Crippen LogP contribution in [-0.4, -0.2) is 25.0 Å². The van der Waals surface area contributed by atoms with Crippen molar-refractivity contribution in [1.29, 1.82) is 0 Å². The molecule has 0 saturated heterocycles. The van der Waals surface area contributed by atoms with Gasteiger partial charge >= 0.3 is 0 Å². The second-order valence-corrected chi connectivity index (χ2v) is 5.18. The summed E-state index contributed by atoms with van der Waals surface area (Å²) in [7, 11) is 3.27. The molecule has 0 amide bonds. The predicted octanol–water partition coefficient (Wildman–Crippen LogP) is 4.43. The van der Waals surface area contributed by atoms with Crippen molar-refractivity contribution >= 4 is 22.8 Å². The maximum absolute atomic E-state index is 5.39. The van der Waals surface area contributed by atoms with Crippen molar-refractivity contribution in [1.82, 2.24) is 4.57 Å². The minimum atomic E-state index is 0.694. The quantitative estimate of drug-likeness (QED) is 0.654. The summed E-state index contributed by atoms with van der Waals surface area (Å²) in [5.74, 6) is 1.45. The fourth-order valence-corrected chi connectivity index (χ4v) is 2.67. The van der Waals surface area contributed by atoms with E-state index in [2.05, 4.69) is 40.9 Å². The van der Waals surface area contributed by atoms with Crippen LogP contribution in [0.4, 0.5) is 5.69 Å². The molecule has 3 aromatic rings. The second-order valence-electron chi connectivity index (χ2n) is 5.18. The third-order valence-corrected chi connectivity index (χ3v) is 3.89. The molecule has 4 heteroatoms. The Morgan fingerprint density at radius 1 is 1.09 bits per heavy atom. The summed E-state index contributed by atoms with van der Waals surface area (Å²) in [4.78, 5) is 4.60. The largest absolute Gasteiger partial charge is 0.497 e. The number of nitrogens with zero attached hydrogens (tertiary/aromatic N) is 2. The molecule has 0 aliphatic rings. The monoisotopic (exact) mass is 308 g/mol. The van der Waals surface area contributed by atoms with E-state index in [0.29, 0.717) is 5.75 Å². The Kier molecular flexibility index (Phi) is 4.33. The van der Waals surface area contributed by atoms with Crippen LogP contribution in [0.1, 0.15) is 12.5 Å². The molecular weight excluding hydrogens is 288 g/mol. The first-order chi connectivity index (χ1) is 11.3. The third kappa shape index (κ3) is 2.93. The van der Waals surface area contributed by atoms with Gasteiger partial charge in [0.15, 0.2) is 0 Å². The molecule has 4 nitrogen and oxygen atoms in total. The van der Waals surface area contributed by atoms with E-state index >= 15 is 0 Å². The van der Waals surface area contributed by atoms with Crippen LogP contribution in [0.2, 0.25) is 0 Å². The highest BCUT2D eigenvalue weighted by Crippen LogP contribution is 2.31. The average Bonchev–Trinajstić information content (AvgIpc) is 2.98. The van der Waals surface area contributed by atoms with Crippen molar-refractivity contribution in [3.05, 3.63) is 54.2 Å². The smallest absolute Gasteiger partial charge is 0.148 e. The van der Waals surface area contributed by atoms with Gasteiger partial charge in [-0.25, -0.2) is 0 Å². The molecule has 0 atom stereocenters. The standard InChI is InChI=1S/C19H20N2O2/c1-4-21-13-14(16-7-5-6-8-18(16)21)12-20-17-10-9-15(22-2)11-19(17)23-3/h5-13H,4H2,1-3H3. The molecule has 0 aliphatic heterocycles. The molecule has 0 radical (unpaired) electrons. The van der Waals surface area contributed by atoms with Crippen molar-refractivity contribution in [2.45, 2.75) is 13.5 Å². The van der Waals surface area contributed by atoms with E-state index in [4.69, 9.17) is 9.47 Å². The molecule has 118 valence electrons. The fraction of sp³-hybridized carbons (Fsp3) is 0.211. The van der Waals surface area contributed by atoms with E-state index in [0.717, 1.165) is 23.5 Å². The highest BCUT2D eigenvalue weighted by Gasteiger charge is 2.06. The van der Waals surface area contributed by atoms with Crippen molar-refractivity contribution < 1.29 is 9.47 Å². The van der Waals surface area contributed by atoms with Crippen LogP contribution < -0.4 is 9.47 Å². The van der Waals surface area contributed by atoms with Gasteiger partial charge in [0, 0.05) is 41.5 Å². The molecule has 1 heterocycles. The molecule has 0 aliphatic carbocycles. The van der Waals surface area contributed by atoms with Crippen LogP contribution in [0.3, 0.4) is 0 Å². The SMILES string of the molecule is CCn1cc(C=Nc2ccc(OC)cc2OC)c2ccccc21. The van der Waals surface area contributed by atoms with Crippen molar-refractivity contribution in [3.8, 4) is 11.5 Å². The molecule has 3 rings (SSSR count). The van der Waals surface area contributed by atoms with Gasteiger partial charge in [-0.3, -0.25) is 4.99 Å². The molecule has 0 unspecified atom stereocenters. The number of methoxy groups -OCH3 is 2. The van der Waals surface area contributed by atoms with Gasteiger partial charge < -0.3 is 14.0 Å². The Bertz CT molecular complexity index is 850. The summed E-state index contributed by atoms with van der Waals surface area (Å²) in [6, 6.07) is 14.0. The first kappa shape index (κ1) is 15.2. The van der Waals surface area contributed by atoms with Crippen LogP contribution in [0.25, 0.3) is 10.9 Å². The summed E-state index contributed by atoms with van der Waals surface area (Å²) in [6.07, 6.45) is 4.02.